The maximum absolute atomic E-state index is 12.9. The van der Waals surface area contributed by atoms with Crippen LogP contribution in [0.5, 0.6) is 0 Å². The molecule has 0 spiro atoms. The molecule has 8 nitrogen and oxygen atoms in total. The summed E-state index contributed by atoms with van der Waals surface area (Å²) in [5.41, 5.74) is 5.33. The third-order valence-electron chi connectivity index (χ3n) is 4.73. The second-order valence-corrected chi connectivity index (χ2v) is 9.35. The number of hydrazine groups is 1. The third-order valence-corrected chi connectivity index (χ3v) is 6.58. The predicted octanol–water partition coefficient (Wildman–Crippen LogP) is 1.63. The third kappa shape index (κ3) is 5.87. The lowest BCUT2D eigenvalue weighted by Crippen LogP contribution is -2.48. The zero-order chi connectivity index (χ0) is 22.6. The first-order valence-corrected chi connectivity index (χ1v) is 11.2. The van der Waals surface area contributed by atoms with E-state index in [4.69, 9.17) is 4.74 Å². The number of amides is 2. The van der Waals surface area contributed by atoms with Gasteiger partial charge in [-0.05, 0) is 55.8 Å². The molecule has 1 heterocycles. The summed E-state index contributed by atoms with van der Waals surface area (Å²) < 4.78 is 45.6. The first-order valence-electron chi connectivity index (χ1n) is 9.74. The van der Waals surface area contributed by atoms with Crippen LogP contribution in [-0.2, 0) is 26.0 Å². The molecular weight excluding hydrogens is 425 g/mol. The molecule has 2 aromatic rings. The quantitative estimate of drug-likeness (QED) is 0.675. The lowest BCUT2D eigenvalue weighted by molar-refractivity contribution is -0.121. The number of carbonyl (C=O) groups excluding carboxylic acids is 2. The molecule has 2 unspecified atom stereocenters. The summed E-state index contributed by atoms with van der Waals surface area (Å²) in [5, 5.41) is 0. The predicted molar refractivity (Wildman–Crippen MR) is 111 cm³/mol. The van der Waals surface area contributed by atoms with Gasteiger partial charge in [0.25, 0.3) is 5.91 Å². The van der Waals surface area contributed by atoms with Gasteiger partial charge >= 0.3 is 0 Å². The monoisotopic (exact) mass is 449 g/mol. The van der Waals surface area contributed by atoms with E-state index >= 15 is 0 Å². The van der Waals surface area contributed by atoms with Crippen LogP contribution in [0.4, 0.5) is 4.39 Å². The van der Waals surface area contributed by atoms with Crippen LogP contribution in [0.2, 0.25) is 0 Å². The summed E-state index contributed by atoms with van der Waals surface area (Å²) in [6.45, 7) is 4.15. The zero-order valence-electron chi connectivity index (χ0n) is 17.2. The molecule has 2 N–H and O–H groups in total. The Kier molecular flexibility index (Phi) is 7.04. The number of nitrogens with zero attached hydrogens (tertiary/aromatic N) is 1. The van der Waals surface area contributed by atoms with Gasteiger partial charge in [-0.1, -0.05) is 12.1 Å². The molecule has 0 bridgehead atoms. The van der Waals surface area contributed by atoms with E-state index in [1.807, 2.05) is 13.8 Å². The second kappa shape index (κ2) is 9.54. The van der Waals surface area contributed by atoms with E-state index in [1.165, 1.54) is 52.8 Å². The van der Waals surface area contributed by atoms with Crippen LogP contribution in [0, 0.1) is 5.82 Å². The molecule has 0 aromatic heterocycles. The van der Waals surface area contributed by atoms with Crippen molar-refractivity contribution in [2.75, 3.05) is 13.1 Å². The van der Waals surface area contributed by atoms with Gasteiger partial charge in [0.05, 0.1) is 23.5 Å². The molecule has 31 heavy (non-hydrogen) atoms. The number of hydrogen-bond acceptors (Lipinski definition) is 5. The molecule has 2 atom stereocenters. The molecule has 10 heteroatoms. The summed E-state index contributed by atoms with van der Waals surface area (Å²) in [6.07, 6.45) is -0.446. The zero-order valence-corrected chi connectivity index (χ0v) is 18.0. The van der Waals surface area contributed by atoms with Crippen molar-refractivity contribution in [3.05, 3.63) is 65.5 Å². The first kappa shape index (κ1) is 22.9. The number of rotatable bonds is 5. The maximum Gasteiger partial charge on any atom is 0.269 e. The number of hydrogen-bond donors (Lipinski definition) is 2. The SMILES string of the molecule is CC1CN(S(=O)(=O)c2ccc(C(=O)NNC(=O)Cc3ccc(F)cc3)cc2)CC(C)O1. The van der Waals surface area contributed by atoms with E-state index in [2.05, 4.69) is 10.9 Å². The fraction of sp³-hybridized carbons (Fsp3) is 0.333. The van der Waals surface area contributed by atoms with E-state index in [9.17, 15) is 22.4 Å². The van der Waals surface area contributed by atoms with E-state index in [0.717, 1.165) is 0 Å². The number of carbonyl (C=O) groups is 2. The highest BCUT2D eigenvalue weighted by Crippen LogP contribution is 2.21. The van der Waals surface area contributed by atoms with Crippen molar-refractivity contribution in [3.63, 3.8) is 0 Å². The largest absolute Gasteiger partial charge is 0.373 e. The summed E-state index contributed by atoms with van der Waals surface area (Å²) >= 11 is 0. The van der Waals surface area contributed by atoms with Gasteiger partial charge in [0.1, 0.15) is 5.82 Å². The molecule has 3 rings (SSSR count). The Morgan fingerprint density at radius 2 is 1.58 bits per heavy atom. The van der Waals surface area contributed by atoms with Crippen molar-refractivity contribution in [2.24, 2.45) is 0 Å². The fourth-order valence-corrected chi connectivity index (χ4v) is 4.88. The van der Waals surface area contributed by atoms with Gasteiger partial charge in [-0.25, -0.2) is 12.8 Å². The highest BCUT2D eigenvalue weighted by atomic mass is 32.2. The highest BCUT2D eigenvalue weighted by molar-refractivity contribution is 7.89. The van der Waals surface area contributed by atoms with Crippen LogP contribution >= 0.6 is 0 Å². The first-order chi connectivity index (χ1) is 14.6. The van der Waals surface area contributed by atoms with Crippen molar-refractivity contribution in [2.45, 2.75) is 37.4 Å². The summed E-state index contributed by atoms with van der Waals surface area (Å²) in [5.74, 6) is -1.47. The van der Waals surface area contributed by atoms with Crippen molar-refractivity contribution in [1.29, 1.82) is 0 Å². The standard InChI is InChI=1S/C21H24FN3O5S/c1-14-12-25(13-15(2)30-14)31(28,29)19-9-5-17(6-10-19)21(27)24-23-20(26)11-16-3-7-18(22)8-4-16/h3-10,14-15H,11-13H2,1-2H3,(H,23,26)(H,24,27). The van der Waals surface area contributed by atoms with Gasteiger partial charge in [-0.15, -0.1) is 0 Å². The highest BCUT2D eigenvalue weighted by Gasteiger charge is 2.32. The average molecular weight is 450 g/mol. The van der Waals surface area contributed by atoms with Crippen LogP contribution in [0.15, 0.2) is 53.4 Å². The number of morpholine rings is 1. The Hall–Kier alpha value is -2.82. The normalized spacial score (nSPS) is 19.6. The molecule has 2 aromatic carbocycles. The number of nitrogens with one attached hydrogen (secondary N) is 2. The van der Waals surface area contributed by atoms with Gasteiger partial charge < -0.3 is 4.74 Å². The lowest BCUT2D eigenvalue weighted by Gasteiger charge is -2.34. The molecular formula is C21H24FN3O5S. The van der Waals surface area contributed by atoms with Crippen LogP contribution < -0.4 is 10.9 Å². The molecule has 0 saturated carbocycles. The average Bonchev–Trinajstić information content (AvgIpc) is 2.73. The second-order valence-electron chi connectivity index (χ2n) is 7.41. The van der Waals surface area contributed by atoms with E-state index < -0.39 is 27.7 Å². The fourth-order valence-electron chi connectivity index (χ4n) is 3.28. The van der Waals surface area contributed by atoms with Crippen molar-refractivity contribution < 1.29 is 27.1 Å². The summed E-state index contributed by atoms with van der Waals surface area (Å²) in [4.78, 5) is 24.2. The number of benzene rings is 2. The molecule has 1 saturated heterocycles. The van der Waals surface area contributed by atoms with Gasteiger partial charge in [-0.2, -0.15) is 4.31 Å². The molecule has 0 aliphatic carbocycles. The van der Waals surface area contributed by atoms with E-state index in [0.29, 0.717) is 5.56 Å². The van der Waals surface area contributed by atoms with Crippen LogP contribution in [0.1, 0.15) is 29.8 Å². The van der Waals surface area contributed by atoms with Crippen LogP contribution in [-0.4, -0.2) is 49.8 Å². The lowest BCUT2D eigenvalue weighted by atomic mass is 10.1. The smallest absolute Gasteiger partial charge is 0.269 e. The summed E-state index contributed by atoms with van der Waals surface area (Å²) in [6, 6.07) is 10.9. The van der Waals surface area contributed by atoms with Gasteiger partial charge in [-0.3, -0.25) is 20.4 Å². The Balaban J connectivity index is 1.58. The Morgan fingerprint density at radius 1 is 1.00 bits per heavy atom. The summed E-state index contributed by atoms with van der Waals surface area (Å²) in [7, 11) is -3.71. The molecule has 1 aliphatic heterocycles. The Bertz CT molecular complexity index is 1030. The van der Waals surface area contributed by atoms with E-state index in [1.54, 1.807) is 0 Å². The Labute approximate surface area is 180 Å². The maximum atomic E-state index is 12.9. The van der Waals surface area contributed by atoms with Crippen molar-refractivity contribution in [1.82, 2.24) is 15.2 Å². The molecule has 1 fully saturated rings. The van der Waals surface area contributed by atoms with Crippen LogP contribution in [0.25, 0.3) is 0 Å². The topological polar surface area (TPSA) is 105 Å². The van der Waals surface area contributed by atoms with E-state index in [-0.39, 0.29) is 42.2 Å². The number of ether oxygens (including phenoxy) is 1. The van der Waals surface area contributed by atoms with Gasteiger partial charge in [0.2, 0.25) is 15.9 Å². The minimum absolute atomic E-state index is 0.0336. The van der Waals surface area contributed by atoms with Gasteiger partial charge in [0, 0.05) is 18.7 Å². The molecule has 0 radical (unpaired) electrons. The van der Waals surface area contributed by atoms with Crippen LogP contribution in [0.3, 0.4) is 0 Å². The molecule has 2 amide bonds. The molecule has 1 aliphatic rings. The minimum Gasteiger partial charge on any atom is -0.373 e. The minimum atomic E-state index is -3.71. The number of halogens is 1. The van der Waals surface area contributed by atoms with Crippen molar-refractivity contribution >= 4 is 21.8 Å². The Morgan fingerprint density at radius 3 is 2.16 bits per heavy atom. The number of sulfonamides is 1. The molecule has 166 valence electrons. The van der Waals surface area contributed by atoms with Gasteiger partial charge in [0.15, 0.2) is 0 Å². The van der Waals surface area contributed by atoms with Crippen molar-refractivity contribution in [3.8, 4) is 0 Å².